The van der Waals surface area contributed by atoms with Crippen molar-refractivity contribution in [1.82, 2.24) is 0 Å². The van der Waals surface area contributed by atoms with E-state index in [1.807, 2.05) is 6.92 Å². The van der Waals surface area contributed by atoms with Crippen molar-refractivity contribution in [1.29, 1.82) is 5.26 Å². The van der Waals surface area contributed by atoms with Gasteiger partial charge in [-0.15, -0.1) is 0 Å². The Morgan fingerprint density at radius 3 is 2.70 bits per heavy atom. The van der Waals surface area contributed by atoms with Crippen molar-refractivity contribution in [3.05, 3.63) is 33.9 Å². The highest BCUT2D eigenvalue weighted by Crippen LogP contribution is 2.25. The van der Waals surface area contributed by atoms with Gasteiger partial charge in [-0.3, -0.25) is 14.9 Å². The summed E-state index contributed by atoms with van der Waals surface area (Å²) in [5.41, 5.74) is 0.315. The second-order valence-electron chi connectivity index (χ2n) is 4.35. The Bertz CT molecular complexity index is 565. The molecule has 0 aliphatic rings. The molecule has 20 heavy (non-hydrogen) atoms. The van der Waals surface area contributed by atoms with Crippen molar-refractivity contribution in [2.75, 3.05) is 18.0 Å². The smallest absolute Gasteiger partial charge is 0.308 e. The molecule has 1 rings (SSSR count). The van der Waals surface area contributed by atoms with Crippen LogP contribution in [-0.4, -0.2) is 29.1 Å². The molecule has 0 radical (unpaired) electrons. The van der Waals surface area contributed by atoms with Crippen LogP contribution in [0.4, 0.5) is 11.4 Å². The van der Waals surface area contributed by atoms with Crippen LogP contribution in [-0.2, 0) is 4.79 Å². The lowest BCUT2D eigenvalue weighted by Gasteiger charge is -2.25. The number of rotatable bonds is 6. The highest BCUT2D eigenvalue weighted by Gasteiger charge is 2.19. The molecular formula is C13H15N3O4. The first-order valence-corrected chi connectivity index (χ1v) is 6.07. The number of hydrogen-bond acceptors (Lipinski definition) is 5. The number of aliphatic carboxylic acids is 1. The van der Waals surface area contributed by atoms with Crippen LogP contribution in [0.1, 0.15) is 19.4 Å². The predicted molar refractivity (Wildman–Crippen MR) is 72.5 cm³/mol. The third-order valence-electron chi connectivity index (χ3n) is 2.96. The average Bonchev–Trinajstić information content (AvgIpc) is 2.43. The number of nitrogens with zero attached hydrogens (tertiary/aromatic N) is 3. The molecule has 7 nitrogen and oxygen atoms in total. The fourth-order valence-corrected chi connectivity index (χ4v) is 1.80. The Balaban J connectivity index is 3.08. The van der Waals surface area contributed by atoms with E-state index in [-0.39, 0.29) is 17.8 Å². The van der Waals surface area contributed by atoms with Crippen LogP contribution < -0.4 is 4.90 Å². The van der Waals surface area contributed by atoms with Gasteiger partial charge >= 0.3 is 5.97 Å². The lowest BCUT2D eigenvalue weighted by atomic mass is 10.1. The van der Waals surface area contributed by atoms with Crippen LogP contribution >= 0.6 is 0 Å². The molecule has 0 amide bonds. The SMILES string of the molecule is CCN(CC(C)C(=O)O)c1ccc([N+](=O)[O-])c(C#N)c1. The Labute approximate surface area is 116 Å². The van der Waals surface area contributed by atoms with Gasteiger partial charge in [0, 0.05) is 24.8 Å². The summed E-state index contributed by atoms with van der Waals surface area (Å²) in [5, 5.41) is 28.6. The monoisotopic (exact) mass is 277 g/mol. The lowest BCUT2D eigenvalue weighted by molar-refractivity contribution is -0.385. The quantitative estimate of drug-likeness (QED) is 0.629. The first-order chi connectivity index (χ1) is 9.40. The number of anilines is 1. The van der Waals surface area contributed by atoms with E-state index in [1.54, 1.807) is 17.9 Å². The van der Waals surface area contributed by atoms with E-state index in [9.17, 15) is 14.9 Å². The van der Waals surface area contributed by atoms with E-state index in [0.717, 1.165) is 0 Å². The number of carboxylic acids is 1. The summed E-state index contributed by atoms with van der Waals surface area (Å²) in [5.74, 6) is -1.48. The molecule has 106 valence electrons. The van der Waals surface area contributed by atoms with E-state index in [2.05, 4.69) is 0 Å². The molecule has 1 N–H and O–H groups in total. The van der Waals surface area contributed by atoms with Crippen LogP contribution in [0, 0.1) is 27.4 Å². The first-order valence-electron chi connectivity index (χ1n) is 6.07. The van der Waals surface area contributed by atoms with Crippen molar-refractivity contribution >= 4 is 17.3 Å². The predicted octanol–water partition coefficient (Wildman–Crippen LogP) is 2.01. The molecule has 1 aromatic carbocycles. The van der Waals surface area contributed by atoms with Gasteiger partial charge in [-0.05, 0) is 19.1 Å². The molecule has 0 aromatic heterocycles. The van der Waals surface area contributed by atoms with Crippen LogP contribution in [0.2, 0.25) is 0 Å². The van der Waals surface area contributed by atoms with Crippen molar-refractivity contribution in [2.45, 2.75) is 13.8 Å². The average molecular weight is 277 g/mol. The molecule has 0 spiro atoms. The summed E-state index contributed by atoms with van der Waals surface area (Å²) >= 11 is 0. The Hall–Kier alpha value is -2.62. The maximum absolute atomic E-state index is 10.9. The zero-order chi connectivity index (χ0) is 15.3. The van der Waals surface area contributed by atoms with Gasteiger partial charge in [-0.2, -0.15) is 5.26 Å². The maximum atomic E-state index is 10.9. The number of nitro benzene ring substituents is 1. The summed E-state index contributed by atoms with van der Waals surface area (Å²) in [4.78, 5) is 22.8. The molecule has 1 unspecified atom stereocenters. The molecule has 0 fully saturated rings. The molecule has 0 saturated carbocycles. The summed E-state index contributed by atoms with van der Waals surface area (Å²) in [6, 6.07) is 5.99. The molecule has 1 atom stereocenters. The number of nitro groups is 1. The van der Waals surface area contributed by atoms with Gasteiger partial charge in [0.15, 0.2) is 0 Å². The van der Waals surface area contributed by atoms with Gasteiger partial charge in [0.25, 0.3) is 5.69 Å². The summed E-state index contributed by atoms with van der Waals surface area (Å²) in [6.07, 6.45) is 0. The van der Waals surface area contributed by atoms with Gasteiger partial charge in [0.05, 0.1) is 10.8 Å². The molecule has 0 bridgehead atoms. The standard InChI is InChI=1S/C13H15N3O4/c1-3-15(8-9(2)13(17)18)11-4-5-12(16(19)20)10(6-11)7-14/h4-6,9H,3,8H2,1-2H3,(H,17,18). The van der Waals surface area contributed by atoms with E-state index in [1.165, 1.54) is 18.2 Å². The van der Waals surface area contributed by atoms with Gasteiger partial charge < -0.3 is 10.0 Å². The van der Waals surface area contributed by atoms with Gasteiger partial charge in [0.1, 0.15) is 11.6 Å². The highest BCUT2D eigenvalue weighted by atomic mass is 16.6. The minimum absolute atomic E-state index is 0.0334. The fraction of sp³-hybridized carbons (Fsp3) is 0.385. The van der Waals surface area contributed by atoms with E-state index in [4.69, 9.17) is 10.4 Å². The molecule has 0 aliphatic heterocycles. The third kappa shape index (κ3) is 3.45. The van der Waals surface area contributed by atoms with Gasteiger partial charge in [-0.1, -0.05) is 6.92 Å². The lowest BCUT2D eigenvalue weighted by Crippen LogP contribution is -2.31. The van der Waals surface area contributed by atoms with Crippen molar-refractivity contribution < 1.29 is 14.8 Å². The first kappa shape index (κ1) is 15.4. The second kappa shape index (κ2) is 6.52. The summed E-state index contributed by atoms with van der Waals surface area (Å²) in [6.45, 7) is 4.25. The van der Waals surface area contributed by atoms with Crippen LogP contribution in [0.3, 0.4) is 0 Å². The van der Waals surface area contributed by atoms with Crippen molar-refractivity contribution in [3.63, 3.8) is 0 Å². The van der Waals surface area contributed by atoms with Crippen LogP contribution in [0.25, 0.3) is 0 Å². The largest absolute Gasteiger partial charge is 0.481 e. The van der Waals surface area contributed by atoms with E-state index >= 15 is 0 Å². The fourth-order valence-electron chi connectivity index (χ4n) is 1.80. The van der Waals surface area contributed by atoms with Crippen LogP contribution in [0.5, 0.6) is 0 Å². The molecule has 0 saturated heterocycles. The molecule has 0 aliphatic carbocycles. The number of carboxylic acid groups (broad SMARTS) is 1. The number of carbonyl (C=O) groups is 1. The minimum Gasteiger partial charge on any atom is -0.481 e. The van der Waals surface area contributed by atoms with E-state index < -0.39 is 16.8 Å². The van der Waals surface area contributed by atoms with E-state index in [0.29, 0.717) is 12.2 Å². The third-order valence-corrected chi connectivity index (χ3v) is 2.96. The molecule has 1 aromatic rings. The normalized spacial score (nSPS) is 11.4. The van der Waals surface area contributed by atoms with Gasteiger partial charge in [-0.25, -0.2) is 0 Å². The van der Waals surface area contributed by atoms with Crippen molar-refractivity contribution in [3.8, 4) is 6.07 Å². The summed E-state index contributed by atoms with van der Waals surface area (Å²) in [7, 11) is 0. The topological polar surface area (TPSA) is 107 Å². The molecular weight excluding hydrogens is 262 g/mol. The molecule has 0 heterocycles. The second-order valence-corrected chi connectivity index (χ2v) is 4.35. The van der Waals surface area contributed by atoms with Gasteiger partial charge in [0.2, 0.25) is 0 Å². The zero-order valence-electron chi connectivity index (χ0n) is 11.2. The number of hydrogen-bond donors (Lipinski definition) is 1. The zero-order valence-corrected chi connectivity index (χ0v) is 11.2. The minimum atomic E-state index is -0.911. The Morgan fingerprint density at radius 2 is 2.25 bits per heavy atom. The van der Waals surface area contributed by atoms with Crippen LogP contribution in [0.15, 0.2) is 18.2 Å². The van der Waals surface area contributed by atoms with Crippen molar-refractivity contribution in [2.24, 2.45) is 5.92 Å². The number of nitriles is 1. The Morgan fingerprint density at radius 1 is 1.60 bits per heavy atom. The summed E-state index contributed by atoms with van der Waals surface area (Å²) < 4.78 is 0. The Kier molecular flexibility index (Phi) is 5.03. The molecule has 7 heteroatoms. The number of benzene rings is 1. The highest BCUT2D eigenvalue weighted by molar-refractivity contribution is 5.70. The maximum Gasteiger partial charge on any atom is 0.308 e.